The minimum atomic E-state index is -0.430. The minimum Gasteiger partial charge on any atom is -0.457 e. The van der Waals surface area contributed by atoms with E-state index in [9.17, 15) is 10.1 Å². The molecule has 0 unspecified atom stereocenters. The van der Waals surface area contributed by atoms with Crippen LogP contribution < -0.4 is 0 Å². The molecular weight excluding hydrogens is 450 g/mol. The van der Waals surface area contributed by atoms with E-state index in [4.69, 9.17) is 21.1 Å². The van der Waals surface area contributed by atoms with E-state index in [2.05, 4.69) is 10.2 Å². The zero-order valence-electron chi connectivity index (χ0n) is 16.6. The molecule has 158 valence electrons. The summed E-state index contributed by atoms with van der Waals surface area (Å²) in [6.45, 7) is 1.84. The van der Waals surface area contributed by atoms with E-state index in [0.717, 1.165) is 21.7 Å². The van der Waals surface area contributed by atoms with Crippen molar-refractivity contribution < 1.29 is 9.34 Å². The van der Waals surface area contributed by atoms with Gasteiger partial charge in [-0.25, -0.2) is 0 Å². The molecule has 5 rings (SSSR count). The molecule has 0 saturated carbocycles. The van der Waals surface area contributed by atoms with E-state index in [0.29, 0.717) is 27.5 Å². The van der Waals surface area contributed by atoms with Crippen molar-refractivity contribution in [2.24, 2.45) is 5.10 Å². The normalized spacial score (nSPS) is 14.3. The highest BCUT2D eigenvalue weighted by atomic mass is 35.5. The first-order chi connectivity index (χ1) is 15.5. The fourth-order valence-corrected chi connectivity index (χ4v) is 4.27. The lowest BCUT2D eigenvalue weighted by Gasteiger charge is -2.16. The first kappa shape index (κ1) is 20.2. The largest absolute Gasteiger partial charge is 0.457 e. The summed E-state index contributed by atoms with van der Waals surface area (Å²) in [4.78, 5) is 11.3. The van der Waals surface area contributed by atoms with Crippen LogP contribution >= 0.6 is 23.4 Å². The second kappa shape index (κ2) is 8.10. The average molecular weight is 464 g/mol. The van der Waals surface area contributed by atoms with Crippen molar-refractivity contribution in [2.45, 2.75) is 12.1 Å². The Morgan fingerprint density at radius 1 is 1.03 bits per heavy atom. The standard InChI is InChI=1S/C22H14ClN5O3S/c1-13-24-25-22-27(13)26-21(15-2-6-16(23)7-3-15)20(32-22)12-18-10-11-19(31-18)14-4-8-17(9-5-14)28(29)30/h2-12H,1H3/b20-12+. The maximum absolute atomic E-state index is 10.9. The summed E-state index contributed by atoms with van der Waals surface area (Å²) in [6, 6.07) is 17.3. The average Bonchev–Trinajstić information content (AvgIpc) is 3.41. The van der Waals surface area contributed by atoms with Crippen molar-refractivity contribution in [3.05, 3.63) is 97.9 Å². The van der Waals surface area contributed by atoms with Gasteiger partial charge in [-0.15, -0.1) is 10.2 Å². The maximum atomic E-state index is 10.9. The molecule has 0 N–H and O–H groups in total. The van der Waals surface area contributed by atoms with Crippen LogP contribution in [-0.2, 0) is 0 Å². The summed E-state index contributed by atoms with van der Waals surface area (Å²) in [5, 5.41) is 25.2. The van der Waals surface area contributed by atoms with Gasteiger partial charge in [0.15, 0.2) is 5.82 Å². The third-order valence-corrected chi connectivity index (χ3v) is 6.00. The van der Waals surface area contributed by atoms with Crippen LogP contribution in [0.3, 0.4) is 0 Å². The number of halogens is 1. The molecule has 0 aliphatic carbocycles. The van der Waals surface area contributed by atoms with E-state index >= 15 is 0 Å². The van der Waals surface area contributed by atoms with E-state index in [1.165, 1.54) is 23.9 Å². The number of thioether (sulfide) groups is 1. The molecule has 1 aliphatic rings. The van der Waals surface area contributed by atoms with Crippen LogP contribution in [0.5, 0.6) is 0 Å². The monoisotopic (exact) mass is 463 g/mol. The van der Waals surface area contributed by atoms with Gasteiger partial charge in [-0.3, -0.25) is 10.1 Å². The fraction of sp³-hybridized carbons (Fsp3) is 0.0455. The lowest BCUT2D eigenvalue weighted by molar-refractivity contribution is -0.384. The molecule has 10 heteroatoms. The Labute approximate surface area is 191 Å². The number of benzene rings is 2. The van der Waals surface area contributed by atoms with Crippen molar-refractivity contribution >= 4 is 40.8 Å². The van der Waals surface area contributed by atoms with Gasteiger partial charge >= 0.3 is 0 Å². The SMILES string of the molecule is Cc1nnc2n1N=C(c1ccc(Cl)cc1)/C(=C\c1ccc(-c3ccc([N+](=O)[O-])cc3)o1)S2. The topological polar surface area (TPSA) is 99.3 Å². The van der Waals surface area contributed by atoms with Crippen molar-refractivity contribution in [3.8, 4) is 11.3 Å². The summed E-state index contributed by atoms with van der Waals surface area (Å²) in [7, 11) is 0. The Morgan fingerprint density at radius 3 is 2.47 bits per heavy atom. The van der Waals surface area contributed by atoms with Crippen LogP contribution in [0.2, 0.25) is 5.02 Å². The van der Waals surface area contributed by atoms with Gasteiger partial charge in [-0.2, -0.15) is 9.78 Å². The van der Waals surface area contributed by atoms with Gasteiger partial charge in [0.2, 0.25) is 5.16 Å². The number of fused-ring (bicyclic) bond motifs is 1. The molecule has 0 spiro atoms. The number of hydrogen-bond acceptors (Lipinski definition) is 7. The summed E-state index contributed by atoms with van der Waals surface area (Å²) < 4.78 is 7.70. The third kappa shape index (κ3) is 3.83. The Morgan fingerprint density at radius 2 is 1.75 bits per heavy atom. The molecule has 0 bridgehead atoms. The lowest BCUT2D eigenvalue weighted by atomic mass is 10.1. The summed E-state index contributed by atoms with van der Waals surface area (Å²) in [5.41, 5.74) is 2.42. The molecule has 0 saturated heterocycles. The number of furan rings is 1. The number of hydrogen-bond donors (Lipinski definition) is 0. The van der Waals surface area contributed by atoms with Gasteiger partial charge in [0.25, 0.3) is 5.69 Å². The zero-order chi connectivity index (χ0) is 22.2. The van der Waals surface area contributed by atoms with Crippen molar-refractivity contribution in [3.63, 3.8) is 0 Å². The molecular formula is C22H14ClN5O3S. The van der Waals surface area contributed by atoms with E-state index in [1.807, 2.05) is 49.4 Å². The van der Waals surface area contributed by atoms with Crippen LogP contribution in [0.4, 0.5) is 5.69 Å². The molecule has 2 aromatic carbocycles. The number of rotatable bonds is 4. The third-order valence-electron chi connectivity index (χ3n) is 4.78. The van der Waals surface area contributed by atoms with Gasteiger partial charge in [0, 0.05) is 33.2 Å². The summed E-state index contributed by atoms with van der Waals surface area (Å²) >= 11 is 7.50. The summed E-state index contributed by atoms with van der Waals surface area (Å²) in [6.07, 6.45) is 1.89. The van der Waals surface area contributed by atoms with Gasteiger partial charge in [0.1, 0.15) is 17.2 Å². The number of nitro groups is 1. The predicted molar refractivity (Wildman–Crippen MR) is 123 cm³/mol. The van der Waals surface area contributed by atoms with Crippen molar-refractivity contribution in [1.82, 2.24) is 14.9 Å². The van der Waals surface area contributed by atoms with Crippen LogP contribution in [0.15, 0.2) is 80.2 Å². The van der Waals surface area contributed by atoms with E-state index in [1.54, 1.807) is 16.8 Å². The smallest absolute Gasteiger partial charge is 0.269 e. The highest BCUT2D eigenvalue weighted by molar-refractivity contribution is 8.04. The molecule has 8 nitrogen and oxygen atoms in total. The number of allylic oxidation sites excluding steroid dienone is 1. The highest BCUT2D eigenvalue weighted by Crippen LogP contribution is 2.36. The first-order valence-electron chi connectivity index (χ1n) is 9.49. The molecule has 0 amide bonds. The van der Waals surface area contributed by atoms with Gasteiger partial charge in [0.05, 0.1) is 4.92 Å². The number of nitrogens with zero attached hydrogens (tertiary/aromatic N) is 5. The Balaban J connectivity index is 1.52. The van der Waals surface area contributed by atoms with Gasteiger partial charge in [-0.1, -0.05) is 23.7 Å². The number of aromatic nitrogens is 3. The number of aryl methyl sites for hydroxylation is 1. The second-order valence-corrected chi connectivity index (χ2v) is 8.36. The molecule has 2 aromatic heterocycles. The van der Waals surface area contributed by atoms with Crippen LogP contribution in [0.25, 0.3) is 17.4 Å². The predicted octanol–water partition coefficient (Wildman–Crippen LogP) is 5.81. The number of nitro benzene ring substituents is 1. The van der Waals surface area contributed by atoms with E-state index < -0.39 is 4.92 Å². The van der Waals surface area contributed by atoms with Crippen molar-refractivity contribution in [1.29, 1.82) is 0 Å². The Bertz CT molecular complexity index is 1390. The zero-order valence-corrected chi connectivity index (χ0v) is 18.2. The molecule has 0 atom stereocenters. The van der Waals surface area contributed by atoms with Gasteiger partial charge < -0.3 is 4.42 Å². The first-order valence-corrected chi connectivity index (χ1v) is 10.7. The van der Waals surface area contributed by atoms with Crippen molar-refractivity contribution in [2.75, 3.05) is 0 Å². The highest BCUT2D eigenvalue weighted by Gasteiger charge is 2.23. The molecule has 3 heterocycles. The molecule has 0 radical (unpaired) electrons. The lowest BCUT2D eigenvalue weighted by Crippen LogP contribution is -2.12. The van der Waals surface area contributed by atoms with Crippen LogP contribution in [0, 0.1) is 17.0 Å². The minimum absolute atomic E-state index is 0.0319. The molecule has 1 aliphatic heterocycles. The second-order valence-electron chi connectivity index (χ2n) is 6.91. The van der Waals surface area contributed by atoms with Crippen LogP contribution in [-0.4, -0.2) is 25.5 Å². The molecule has 4 aromatic rings. The Kier molecular flexibility index (Phi) is 5.12. The summed E-state index contributed by atoms with van der Waals surface area (Å²) in [5.74, 6) is 1.92. The van der Waals surface area contributed by atoms with Crippen LogP contribution in [0.1, 0.15) is 17.1 Å². The van der Waals surface area contributed by atoms with E-state index in [-0.39, 0.29) is 5.69 Å². The quantitative estimate of drug-likeness (QED) is 0.280. The Hall–Kier alpha value is -3.69. The fourth-order valence-electron chi connectivity index (χ4n) is 3.18. The molecule has 32 heavy (non-hydrogen) atoms. The molecule has 0 fully saturated rings. The number of non-ortho nitro benzene ring substituents is 1. The van der Waals surface area contributed by atoms with Gasteiger partial charge in [-0.05, 0) is 61.2 Å². The maximum Gasteiger partial charge on any atom is 0.269 e.